The van der Waals surface area contributed by atoms with E-state index < -0.39 is 0 Å². The van der Waals surface area contributed by atoms with Crippen LogP contribution in [-0.4, -0.2) is 22.7 Å². The van der Waals surface area contributed by atoms with Gasteiger partial charge in [-0.3, -0.25) is 4.40 Å². The molecule has 0 N–H and O–H groups in total. The van der Waals surface area contributed by atoms with Crippen LogP contribution in [0.4, 0.5) is 0 Å². The van der Waals surface area contributed by atoms with E-state index in [9.17, 15) is 0 Å². The van der Waals surface area contributed by atoms with Crippen LogP contribution in [-0.2, 0) is 4.84 Å². The summed E-state index contributed by atoms with van der Waals surface area (Å²) in [5.74, 6) is 0. The highest BCUT2D eigenvalue weighted by Crippen LogP contribution is 2.09. The van der Waals surface area contributed by atoms with Crippen LogP contribution in [0.15, 0.2) is 29.6 Å². The highest BCUT2D eigenvalue weighted by Gasteiger charge is 2.04. The minimum Gasteiger partial charge on any atom is -0.399 e. The van der Waals surface area contributed by atoms with Gasteiger partial charge < -0.3 is 4.84 Å². The van der Waals surface area contributed by atoms with Gasteiger partial charge in [-0.15, -0.1) is 12.4 Å². The predicted molar refractivity (Wildman–Crippen MR) is 61.8 cm³/mol. The molecule has 0 radical (unpaired) electrons. The zero-order valence-electron chi connectivity index (χ0n) is 8.54. The molecule has 0 amide bonds. The van der Waals surface area contributed by atoms with Crippen molar-refractivity contribution in [1.82, 2.24) is 9.38 Å². The van der Waals surface area contributed by atoms with Crippen LogP contribution in [0.2, 0.25) is 0 Å². The third kappa shape index (κ3) is 2.10. The van der Waals surface area contributed by atoms with Gasteiger partial charge in [-0.05, 0) is 19.1 Å². The number of imidazole rings is 1. The number of aryl methyl sites for hydroxylation is 1. The Kier molecular flexibility index (Phi) is 3.68. The van der Waals surface area contributed by atoms with Crippen molar-refractivity contribution >= 4 is 24.3 Å². The lowest BCUT2D eigenvalue weighted by atomic mass is 10.4. The van der Waals surface area contributed by atoms with Crippen molar-refractivity contribution < 1.29 is 4.84 Å². The van der Waals surface area contributed by atoms with Crippen LogP contribution in [0.5, 0.6) is 0 Å². The molecule has 80 valence electrons. The molecule has 0 aliphatic rings. The van der Waals surface area contributed by atoms with Gasteiger partial charge in [0.1, 0.15) is 12.8 Å². The fourth-order valence-electron chi connectivity index (χ4n) is 1.39. The first-order chi connectivity index (χ1) is 6.83. The smallest absolute Gasteiger partial charge is 0.137 e. The molecular weight excluding hydrogens is 214 g/mol. The number of hydrogen-bond donors (Lipinski definition) is 0. The first-order valence-corrected chi connectivity index (χ1v) is 4.33. The molecule has 0 atom stereocenters. The molecule has 2 heterocycles. The molecule has 2 aromatic rings. The molecule has 0 aliphatic carbocycles. The van der Waals surface area contributed by atoms with Crippen molar-refractivity contribution in [1.29, 1.82) is 0 Å². The molecule has 2 aromatic heterocycles. The van der Waals surface area contributed by atoms with E-state index >= 15 is 0 Å². The number of halogens is 1. The molecule has 0 aromatic carbocycles. The Bertz CT molecular complexity index is 478. The summed E-state index contributed by atoms with van der Waals surface area (Å²) in [4.78, 5) is 9.03. The van der Waals surface area contributed by atoms with Crippen LogP contribution < -0.4 is 0 Å². The Morgan fingerprint density at radius 2 is 2.27 bits per heavy atom. The second-order valence-corrected chi connectivity index (χ2v) is 2.93. The van der Waals surface area contributed by atoms with Crippen LogP contribution in [0.3, 0.4) is 0 Å². The third-order valence-electron chi connectivity index (χ3n) is 2.03. The van der Waals surface area contributed by atoms with Gasteiger partial charge in [-0.25, -0.2) is 4.98 Å². The van der Waals surface area contributed by atoms with E-state index in [4.69, 9.17) is 0 Å². The Balaban J connectivity index is 0.00000112. The Morgan fingerprint density at radius 3 is 3.00 bits per heavy atom. The van der Waals surface area contributed by atoms with Gasteiger partial charge in [-0.1, -0.05) is 11.2 Å². The molecule has 0 bridgehead atoms. The minimum atomic E-state index is 0. The summed E-state index contributed by atoms with van der Waals surface area (Å²) >= 11 is 0. The number of pyridine rings is 1. The summed E-state index contributed by atoms with van der Waals surface area (Å²) in [7, 11) is 1.52. The molecule has 0 spiro atoms. The van der Waals surface area contributed by atoms with E-state index in [1.807, 2.05) is 35.7 Å². The molecule has 0 saturated carbocycles. The molecular formula is C10H12ClN3O. The van der Waals surface area contributed by atoms with Crippen molar-refractivity contribution in [3.05, 3.63) is 35.8 Å². The first kappa shape index (κ1) is 11.5. The number of fused-ring (bicyclic) bond motifs is 1. The maximum atomic E-state index is 4.65. The summed E-state index contributed by atoms with van der Waals surface area (Å²) in [5, 5.41) is 3.74. The molecule has 4 nitrogen and oxygen atoms in total. The fourth-order valence-corrected chi connectivity index (χ4v) is 1.39. The lowest BCUT2D eigenvalue weighted by Gasteiger charge is -1.94. The van der Waals surface area contributed by atoms with E-state index in [0.717, 1.165) is 17.0 Å². The van der Waals surface area contributed by atoms with Crippen molar-refractivity contribution in [2.75, 3.05) is 7.11 Å². The molecule has 0 aliphatic heterocycles. The van der Waals surface area contributed by atoms with Crippen LogP contribution in [0.25, 0.3) is 5.65 Å². The van der Waals surface area contributed by atoms with Crippen molar-refractivity contribution in [3.8, 4) is 0 Å². The fraction of sp³-hybridized carbons (Fsp3) is 0.200. The zero-order chi connectivity index (χ0) is 9.97. The van der Waals surface area contributed by atoms with Crippen molar-refractivity contribution in [2.45, 2.75) is 6.92 Å². The molecule has 0 unspecified atom stereocenters. The number of hydrogen-bond acceptors (Lipinski definition) is 3. The summed E-state index contributed by atoms with van der Waals surface area (Å²) in [6.07, 6.45) is 3.61. The first-order valence-electron chi connectivity index (χ1n) is 4.33. The van der Waals surface area contributed by atoms with E-state index in [-0.39, 0.29) is 12.4 Å². The lowest BCUT2D eigenvalue weighted by Crippen LogP contribution is -1.92. The van der Waals surface area contributed by atoms with E-state index in [1.165, 1.54) is 7.11 Å². The highest BCUT2D eigenvalue weighted by atomic mass is 35.5. The predicted octanol–water partition coefficient (Wildman–Crippen LogP) is 2.04. The summed E-state index contributed by atoms with van der Waals surface area (Å²) in [5.41, 5.74) is 2.81. The second kappa shape index (κ2) is 4.79. The Morgan fingerprint density at radius 1 is 1.47 bits per heavy atom. The van der Waals surface area contributed by atoms with Crippen molar-refractivity contribution in [2.24, 2.45) is 5.16 Å². The Hall–Kier alpha value is -1.55. The number of aromatic nitrogens is 2. The number of oxime groups is 1. The monoisotopic (exact) mass is 225 g/mol. The lowest BCUT2D eigenvalue weighted by molar-refractivity contribution is 0.215. The largest absolute Gasteiger partial charge is 0.399 e. The molecule has 2 rings (SSSR count). The topological polar surface area (TPSA) is 38.9 Å². The summed E-state index contributed by atoms with van der Waals surface area (Å²) in [6.45, 7) is 1.95. The average molecular weight is 226 g/mol. The van der Waals surface area contributed by atoms with Gasteiger partial charge >= 0.3 is 0 Å². The Labute approximate surface area is 94.0 Å². The second-order valence-electron chi connectivity index (χ2n) is 2.93. The van der Waals surface area contributed by atoms with Gasteiger partial charge in [0, 0.05) is 6.20 Å². The number of rotatable bonds is 2. The quantitative estimate of drug-likeness (QED) is 0.580. The van der Waals surface area contributed by atoms with Gasteiger partial charge in [0.15, 0.2) is 0 Å². The maximum Gasteiger partial charge on any atom is 0.137 e. The molecule has 0 saturated heterocycles. The van der Waals surface area contributed by atoms with E-state index in [0.29, 0.717) is 0 Å². The molecule has 15 heavy (non-hydrogen) atoms. The van der Waals surface area contributed by atoms with Crippen LogP contribution >= 0.6 is 12.4 Å². The maximum absolute atomic E-state index is 4.65. The molecule has 5 heteroatoms. The normalized spacial score (nSPS) is 10.5. The van der Waals surface area contributed by atoms with Gasteiger partial charge in [-0.2, -0.15) is 0 Å². The van der Waals surface area contributed by atoms with Crippen LogP contribution in [0.1, 0.15) is 11.4 Å². The van der Waals surface area contributed by atoms with Gasteiger partial charge in [0.25, 0.3) is 0 Å². The van der Waals surface area contributed by atoms with E-state index in [2.05, 4.69) is 15.0 Å². The van der Waals surface area contributed by atoms with Crippen LogP contribution in [0, 0.1) is 6.92 Å². The standard InChI is InChI=1S/C10H11N3O.ClH/c1-8-9(7-11-14-2)13-6-4-3-5-10(13)12-8;/h3-7H,1-2H3;1H/b11-7+;. The van der Waals surface area contributed by atoms with Gasteiger partial charge in [0.2, 0.25) is 0 Å². The van der Waals surface area contributed by atoms with Gasteiger partial charge in [0.05, 0.1) is 17.6 Å². The third-order valence-corrected chi connectivity index (χ3v) is 2.03. The van der Waals surface area contributed by atoms with E-state index in [1.54, 1.807) is 6.21 Å². The zero-order valence-corrected chi connectivity index (χ0v) is 9.36. The average Bonchev–Trinajstić information content (AvgIpc) is 2.51. The molecule has 0 fully saturated rings. The SMILES string of the molecule is CO/N=C/c1c(C)nc2ccccn12.Cl. The highest BCUT2D eigenvalue weighted by molar-refractivity contribution is 5.85. The minimum absolute atomic E-state index is 0. The number of nitrogens with zero attached hydrogens (tertiary/aromatic N) is 3. The summed E-state index contributed by atoms with van der Waals surface area (Å²) < 4.78 is 1.97. The van der Waals surface area contributed by atoms with Crippen molar-refractivity contribution in [3.63, 3.8) is 0 Å². The summed E-state index contributed by atoms with van der Waals surface area (Å²) in [6, 6.07) is 5.87.